The van der Waals surface area contributed by atoms with E-state index in [-0.39, 0.29) is 12.1 Å². The molecule has 1 saturated carbocycles. The Labute approximate surface area is 141 Å². The maximum absolute atomic E-state index is 12.3. The predicted octanol–water partition coefficient (Wildman–Crippen LogP) is 4.92. The lowest BCUT2D eigenvalue weighted by Crippen LogP contribution is -2.38. The Morgan fingerprint density at radius 2 is 1.29 bits per heavy atom. The SMILES string of the molecule is FC(F)OC1CCC(NC(c2ccccc2)c2ccccc2)CC1. The van der Waals surface area contributed by atoms with Crippen LogP contribution in [0.3, 0.4) is 0 Å². The van der Waals surface area contributed by atoms with Crippen LogP contribution in [0.25, 0.3) is 0 Å². The molecule has 2 aromatic rings. The van der Waals surface area contributed by atoms with E-state index in [9.17, 15) is 8.78 Å². The third-order valence-electron chi connectivity index (χ3n) is 4.64. The zero-order valence-electron chi connectivity index (χ0n) is 13.6. The highest BCUT2D eigenvalue weighted by molar-refractivity contribution is 5.31. The summed E-state index contributed by atoms with van der Waals surface area (Å²) in [6.07, 6.45) is 2.76. The van der Waals surface area contributed by atoms with Crippen LogP contribution in [0.5, 0.6) is 0 Å². The first-order valence-corrected chi connectivity index (χ1v) is 8.52. The van der Waals surface area contributed by atoms with Gasteiger partial charge in [-0.3, -0.25) is 0 Å². The van der Waals surface area contributed by atoms with E-state index in [0.717, 1.165) is 12.8 Å². The molecule has 1 N–H and O–H groups in total. The molecule has 1 aliphatic carbocycles. The number of nitrogens with one attached hydrogen (secondary N) is 1. The van der Waals surface area contributed by atoms with Crippen LogP contribution in [0.4, 0.5) is 8.78 Å². The van der Waals surface area contributed by atoms with Gasteiger partial charge >= 0.3 is 6.61 Å². The van der Waals surface area contributed by atoms with Gasteiger partial charge in [-0.05, 0) is 36.8 Å². The number of benzene rings is 2. The average Bonchev–Trinajstić information content (AvgIpc) is 2.62. The van der Waals surface area contributed by atoms with E-state index in [0.29, 0.717) is 18.9 Å². The van der Waals surface area contributed by atoms with Gasteiger partial charge in [0.15, 0.2) is 0 Å². The maximum atomic E-state index is 12.3. The average molecular weight is 331 g/mol. The van der Waals surface area contributed by atoms with E-state index in [4.69, 9.17) is 0 Å². The Morgan fingerprint density at radius 3 is 1.75 bits per heavy atom. The molecule has 0 atom stereocenters. The molecule has 0 aliphatic heterocycles. The fourth-order valence-electron chi connectivity index (χ4n) is 3.42. The van der Waals surface area contributed by atoms with E-state index in [1.54, 1.807) is 0 Å². The van der Waals surface area contributed by atoms with Gasteiger partial charge in [0.25, 0.3) is 0 Å². The summed E-state index contributed by atoms with van der Waals surface area (Å²) in [7, 11) is 0. The molecule has 4 heteroatoms. The summed E-state index contributed by atoms with van der Waals surface area (Å²) in [6, 6.07) is 21.1. The second kappa shape index (κ2) is 8.36. The number of alkyl halides is 2. The molecular weight excluding hydrogens is 308 g/mol. The molecule has 0 unspecified atom stereocenters. The molecule has 0 heterocycles. The van der Waals surface area contributed by atoms with Gasteiger partial charge in [0.05, 0.1) is 12.1 Å². The van der Waals surface area contributed by atoms with E-state index < -0.39 is 6.61 Å². The van der Waals surface area contributed by atoms with Gasteiger partial charge in [0, 0.05) is 6.04 Å². The predicted molar refractivity (Wildman–Crippen MR) is 91.0 cm³/mol. The van der Waals surface area contributed by atoms with Gasteiger partial charge in [0.1, 0.15) is 0 Å². The third-order valence-corrected chi connectivity index (χ3v) is 4.64. The van der Waals surface area contributed by atoms with Gasteiger partial charge < -0.3 is 10.1 Å². The Hall–Kier alpha value is -1.78. The monoisotopic (exact) mass is 331 g/mol. The van der Waals surface area contributed by atoms with Crippen molar-refractivity contribution in [3.8, 4) is 0 Å². The third kappa shape index (κ3) is 4.62. The summed E-state index contributed by atoms with van der Waals surface area (Å²) in [5, 5.41) is 3.72. The lowest BCUT2D eigenvalue weighted by molar-refractivity contribution is -0.170. The van der Waals surface area contributed by atoms with Crippen molar-refractivity contribution in [2.24, 2.45) is 0 Å². The molecule has 0 bridgehead atoms. The molecule has 0 spiro atoms. The van der Waals surface area contributed by atoms with E-state index >= 15 is 0 Å². The zero-order chi connectivity index (χ0) is 16.8. The van der Waals surface area contributed by atoms with Crippen LogP contribution < -0.4 is 5.32 Å². The fraction of sp³-hybridized carbons (Fsp3) is 0.400. The molecule has 2 nitrogen and oxygen atoms in total. The standard InChI is InChI=1S/C20H23F2NO/c21-20(22)24-18-13-11-17(12-14-18)23-19(15-7-3-1-4-8-15)16-9-5-2-6-10-16/h1-10,17-20,23H,11-14H2. The van der Waals surface area contributed by atoms with Gasteiger partial charge in [-0.15, -0.1) is 0 Å². The minimum absolute atomic E-state index is 0.116. The molecule has 2 aromatic carbocycles. The number of halogens is 2. The lowest BCUT2D eigenvalue weighted by Gasteiger charge is -2.32. The summed E-state index contributed by atoms with van der Waals surface area (Å²) >= 11 is 0. The van der Waals surface area contributed by atoms with Crippen molar-refractivity contribution in [1.29, 1.82) is 0 Å². The molecule has 0 amide bonds. The largest absolute Gasteiger partial charge is 0.345 e. The lowest BCUT2D eigenvalue weighted by atomic mass is 9.90. The van der Waals surface area contributed by atoms with E-state index in [1.807, 2.05) is 36.4 Å². The van der Waals surface area contributed by atoms with Crippen molar-refractivity contribution in [3.63, 3.8) is 0 Å². The van der Waals surface area contributed by atoms with Gasteiger partial charge in [-0.25, -0.2) is 0 Å². The number of ether oxygens (including phenoxy) is 1. The quantitative estimate of drug-likeness (QED) is 0.811. The van der Waals surface area contributed by atoms with Crippen molar-refractivity contribution < 1.29 is 13.5 Å². The highest BCUT2D eigenvalue weighted by Crippen LogP contribution is 2.28. The Morgan fingerprint density at radius 1 is 0.792 bits per heavy atom. The van der Waals surface area contributed by atoms with Crippen LogP contribution >= 0.6 is 0 Å². The van der Waals surface area contributed by atoms with Crippen molar-refractivity contribution in [2.45, 2.75) is 50.5 Å². The van der Waals surface area contributed by atoms with Gasteiger partial charge in [-0.1, -0.05) is 60.7 Å². The van der Waals surface area contributed by atoms with Crippen molar-refractivity contribution in [2.75, 3.05) is 0 Å². The van der Waals surface area contributed by atoms with Gasteiger partial charge in [0.2, 0.25) is 0 Å². The molecule has 24 heavy (non-hydrogen) atoms. The maximum Gasteiger partial charge on any atom is 0.345 e. The second-order valence-electron chi connectivity index (χ2n) is 6.29. The Bertz CT molecular complexity index is 558. The number of hydrogen-bond donors (Lipinski definition) is 1. The van der Waals surface area contributed by atoms with Crippen LogP contribution in [-0.2, 0) is 4.74 Å². The van der Waals surface area contributed by atoms with Gasteiger partial charge in [-0.2, -0.15) is 8.78 Å². The minimum Gasteiger partial charge on any atom is -0.320 e. The van der Waals surface area contributed by atoms with Crippen LogP contribution in [0.15, 0.2) is 60.7 Å². The van der Waals surface area contributed by atoms with Crippen molar-refractivity contribution in [1.82, 2.24) is 5.32 Å². The Kier molecular flexibility index (Phi) is 5.94. The van der Waals surface area contributed by atoms with Crippen LogP contribution in [0.2, 0.25) is 0 Å². The van der Waals surface area contributed by atoms with Crippen molar-refractivity contribution in [3.05, 3.63) is 71.8 Å². The summed E-state index contributed by atoms with van der Waals surface area (Å²) in [4.78, 5) is 0. The van der Waals surface area contributed by atoms with Crippen LogP contribution in [-0.4, -0.2) is 18.8 Å². The molecule has 0 aromatic heterocycles. The summed E-state index contributed by atoms with van der Waals surface area (Å²) in [6.45, 7) is -2.67. The zero-order valence-corrected chi connectivity index (χ0v) is 13.6. The highest BCUT2D eigenvalue weighted by Gasteiger charge is 2.26. The molecule has 1 aliphatic rings. The fourth-order valence-corrected chi connectivity index (χ4v) is 3.42. The van der Waals surface area contributed by atoms with Crippen LogP contribution in [0, 0.1) is 0 Å². The Balaban J connectivity index is 1.68. The number of hydrogen-bond acceptors (Lipinski definition) is 2. The minimum atomic E-state index is -2.67. The summed E-state index contributed by atoms with van der Waals surface area (Å²) < 4.78 is 29.3. The molecule has 0 saturated heterocycles. The topological polar surface area (TPSA) is 21.3 Å². The summed E-state index contributed by atoms with van der Waals surface area (Å²) in [5.74, 6) is 0. The van der Waals surface area contributed by atoms with Crippen LogP contribution in [0.1, 0.15) is 42.9 Å². The highest BCUT2D eigenvalue weighted by atomic mass is 19.3. The first kappa shape index (κ1) is 17.1. The van der Waals surface area contributed by atoms with E-state index in [2.05, 4.69) is 34.3 Å². The molecule has 1 fully saturated rings. The van der Waals surface area contributed by atoms with Crippen molar-refractivity contribution >= 4 is 0 Å². The smallest absolute Gasteiger partial charge is 0.320 e. The molecule has 128 valence electrons. The van der Waals surface area contributed by atoms with E-state index in [1.165, 1.54) is 11.1 Å². The molecular formula is C20H23F2NO. The normalized spacial score (nSPS) is 21.3. The molecule has 0 radical (unpaired) electrons. The second-order valence-corrected chi connectivity index (χ2v) is 6.29. The summed E-state index contributed by atoms with van der Waals surface area (Å²) in [5.41, 5.74) is 2.43. The number of rotatable bonds is 6. The first-order valence-electron chi connectivity index (χ1n) is 8.52. The molecule has 3 rings (SSSR count). The first-order chi connectivity index (χ1) is 11.7.